The van der Waals surface area contributed by atoms with Crippen molar-refractivity contribution < 1.29 is 9.53 Å². The highest BCUT2D eigenvalue weighted by Gasteiger charge is 1.98. The van der Waals surface area contributed by atoms with Crippen LogP contribution in [0.3, 0.4) is 0 Å². The molecule has 1 heterocycles. The molecule has 0 radical (unpaired) electrons. The Morgan fingerprint density at radius 1 is 1.85 bits per heavy atom. The van der Waals surface area contributed by atoms with Gasteiger partial charge in [-0.05, 0) is 22.6 Å². The van der Waals surface area contributed by atoms with Crippen LogP contribution in [0.4, 0.5) is 4.79 Å². The fourth-order valence-corrected chi connectivity index (χ4v) is 1.21. The van der Waals surface area contributed by atoms with Gasteiger partial charge in [0.1, 0.15) is 6.61 Å². The van der Waals surface area contributed by atoms with Crippen molar-refractivity contribution in [3.8, 4) is 0 Å². The normalized spacial score (nSPS) is 9.69. The van der Waals surface area contributed by atoms with Crippen molar-refractivity contribution in [3.63, 3.8) is 0 Å². The van der Waals surface area contributed by atoms with Gasteiger partial charge in [-0.15, -0.1) is 0 Å². The second kappa shape index (κ2) is 5.05. The van der Waals surface area contributed by atoms with E-state index in [-0.39, 0.29) is 0 Å². The predicted octanol–water partition coefficient (Wildman–Crippen LogP) is 0.844. The third-order valence-corrected chi connectivity index (χ3v) is 1.92. The van der Waals surface area contributed by atoms with Crippen LogP contribution in [-0.2, 0) is 11.3 Å². The molecule has 1 rings (SSSR count). The van der Waals surface area contributed by atoms with E-state index in [9.17, 15) is 4.79 Å². The first kappa shape index (κ1) is 10.3. The second-order valence-corrected chi connectivity index (χ2v) is 3.55. The molecule has 0 spiro atoms. The number of ether oxygens (including phenoxy) is 1. The lowest BCUT2D eigenvalue weighted by molar-refractivity contribution is 0.143. The Bertz CT molecular complexity index is 287. The number of nitrogens with one attached hydrogen (secondary N) is 1. The van der Waals surface area contributed by atoms with Gasteiger partial charge in [0.2, 0.25) is 0 Å². The number of halogens is 1. The zero-order valence-electron chi connectivity index (χ0n) is 7.16. The molecule has 0 unspecified atom stereocenters. The van der Waals surface area contributed by atoms with Gasteiger partial charge in [-0.2, -0.15) is 5.10 Å². The molecule has 0 aliphatic carbocycles. The number of nitrogens with zero attached hydrogens (tertiary/aromatic N) is 2. The molecule has 0 aromatic carbocycles. The second-order valence-electron chi connectivity index (χ2n) is 2.31. The molecule has 0 fully saturated rings. The molecule has 6 heteroatoms. The van der Waals surface area contributed by atoms with E-state index in [4.69, 9.17) is 4.74 Å². The Morgan fingerprint density at radius 2 is 2.62 bits per heavy atom. The van der Waals surface area contributed by atoms with Gasteiger partial charge in [0.25, 0.3) is 0 Å². The van der Waals surface area contributed by atoms with Crippen LogP contribution in [0.2, 0.25) is 0 Å². The number of aromatic nitrogens is 2. The minimum absolute atomic E-state index is 0.331. The zero-order valence-corrected chi connectivity index (χ0v) is 9.32. The maximum Gasteiger partial charge on any atom is 0.406 e. The summed E-state index contributed by atoms with van der Waals surface area (Å²) in [6.45, 7) is 0.911. The van der Waals surface area contributed by atoms with E-state index in [1.54, 1.807) is 10.9 Å². The maximum atomic E-state index is 10.6. The number of hydrogen-bond acceptors (Lipinski definition) is 3. The van der Waals surface area contributed by atoms with Crippen molar-refractivity contribution in [2.75, 3.05) is 13.7 Å². The van der Waals surface area contributed by atoms with Gasteiger partial charge in [0.15, 0.2) is 0 Å². The topological polar surface area (TPSA) is 56.1 Å². The molecule has 0 saturated heterocycles. The highest BCUT2D eigenvalue weighted by Crippen LogP contribution is 2.00. The summed E-state index contributed by atoms with van der Waals surface area (Å²) < 4.78 is 7.59. The minimum atomic E-state index is -0.415. The van der Waals surface area contributed by atoms with E-state index in [0.29, 0.717) is 13.2 Å². The Morgan fingerprint density at radius 3 is 3.15 bits per heavy atom. The molecule has 0 saturated carbocycles. The Balaban J connectivity index is 2.24. The van der Waals surface area contributed by atoms with E-state index >= 15 is 0 Å². The summed E-state index contributed by atoms with van der Waals surface area (Å²) in [5.74, 6) is 0. The quantitative estimate of drug-likeness (QED) is 0.841. The molecule has 0 aliphatic heterocycles. The van der Waals surface area contributed by atoms with Crippen molar-refractivity contribution in [1.29, 1.82) is 0 Å². The molecule has 72 valence electrons. The van der Waals surface area contributed by atoms with Crippen molar-refractivity contribution in [3.05, 3.63) is 16.0 Å². The molecule has 1 aromatic rings. The molecule has 0 aliphatic rings. The molecule has 5 nitrogen and oxygen atoms in total. The third kappa shape index (κ3) is 3.62. The Labute approximate surface area is 89.6 Å². The lowest BCUT2D eigenvalue weighted by atomic mass is 10.7. The van der Waals surface area contributed by atoms with Gasteiger partial charge >= 0.3 is 6.09 Å². The summed E-state index contributed by atoms with van der Waals surface area (Å²) in [7, 11) is 1.53. The third-order valence-electron chi connectivity index (χ3n) is 1.36. The van der Waals surface area contributed by atoms with Gasteiger partial charge in [-0.3, -0.25) is 4.68 Å². The van der Waals surface area contributed by atoms with Crippen molar-refractivity contribution in [1.82, 2.24) is 15.1 Å². The molecule has 0 bridgehead atoms. The monoisotopic (exact) mass is 295 g/mol. The first-order valence-electron chi connectivity index (χ1n) is 3.75. The van der Waals surface area contributed by atoms with E-state index in [1.807, 2.05) is 6.20 Å². The van der Waals surface area contributed by atoms with Crippen LogP contribution in [0.1, 0.15) is 0 Å². The lowest BCUT2D eigenvalue weighted by Gasteiger charge is -2.03. The van der Waals surface area contributed by atoms with Crippen LogP contribution in [0, 0.1) is 3.57 Å². The van der Waals surface area contributed by atoms with E-state index in [1.165, 1.54) is 7.05 Å². The summed E-state index contributed by atoms with van der Waals surface area (Å²) in [6, 6.07) is 0. The molecular formula is C7H10IN3O2. The molecule has 1 N–H and O–H groups in total. The smallest absolute Gasteiger partial charge is 0.406 e. The molecular weight excluding hydrogens is 285 g/mol. The van der Waals surface area contributed by atoms with Gasteiger partial charge in [0.05, 0.1) is 16.3 Å². The number of rotatable bonds is 3. The SMILES string of the molecule is CNC(=O)OCCn1cc(I)cn1. The van der Waals surface area contributed by atoms with Crippen molar-refractivity contribution >= 4 is 28.7 Å². The van der Waals surface area contributed by atoms with Gasteiger partial charge in [-0.1, -0.05) is 0 Å². The molecule has 1 aromatic heterocycles. The number of carbonyl (C=O) groups excluding carboxylic acids is 1. The van der Waals surface area contributed by atoms with Crippen molar-refractivity contribution in [2.24, 2.45) is 0 Å². The summed E-state index contributed by atoms with van der Waals surface area (Å²) in [4.78, 5) is 10.6. The van der Waals surface area contributed by atoms with Crippen LogP contribution in [0.5, 0.6) is 0 Å². The largest absolute Gasteiger partial charge is 0.448 e. The van der Waals surface area contributed by atoms with Gasteiger partial charge < -0.3 is 10.1 Å². The Hall–Kier alpha value is -0.790. The zero-order chi connectivity index (χ0) is 9.68. The van der Waals surface area contributed by atoms with Crippen LogP contribution in [0.15, 0.2) is 12.4 Å². The molecule has 0 atom stereocenters. The minimum Gasteiger partial charge on any atom is -0.448 e. The average molecular weight is 295 g/mol. The summed E-state index contributed by atoms with van der Waals surface area (Å²) in [6.07, 6.45) is 3.22. The first-order chi connectivity index (χ1) is 6.22. The van der Waals surface area contributed by atoms with Gasteiger partial charge in [0, 0.05) is 13.2 Å². The van der Waals surface area contributed by atoms with E-state index in [0.717, 1.165) is 3.57 Å². The van der Waals surface area contributed by atoms with Crippen LogP contribution >= 0.6 is 22.6 Å². The molecule has 13 heavy (non-hydrogen) atoms. The summed E-state index contributed by atoms with van der Waals surface area (Å²) in [5.41, 5.74) is 0. The van der Waals surface area contributed by atoms with Crippen LogP contribution < -0.4 is 5.32 Å². The van der Waals surface area contributed by atoms with Gasteiger partial charge in [-0.25, -0.2) is 4.79 Å². The van der Waals surface area contributed by atoms with Crippen molar-refractivity contribution in [2.45, 2.75) is 6.54 Å². The lowest BCUT2D eigenvalue weighted by Crippen LogP contribution is -2.21. The van der Waals surface area contributed by atoms with Crippen LogP contribution in [0.25, 0.3) is 0 Å². The maximum absolute atomic E-state index is 10.6. The summed E-state index contributed by atoms with van der Waals surface area (Å²) >= 11 is 2.17. The highest BCUT2D eigenvalue weighted by molar-refractivity contribution is 14.1. The standard InChI is InChI=1S/C7H10IN3O2/c1-9-7(12)13-3-2-11-5-6(8)4-10-11/h4-5H,2-3H2,1H3,(H,9,12). The number of carbonyl (C=O) groups is 1. The Kier molecular flexibility index (Phi) is 4.00. The molecule has 1 amide bonds. The first-order valence-corrected chi connectivity index (χ1v) is 4.82. The average Bonchev–Trinajstić information content (AvgIpc) is 2.51. The van der Waals surface area contributed by atoms with E-state index < -0.39 is 6.09 Å². The fraction of sp³-hybridized carbons (Fsp3) is 0.429. The fourth-order valence-electron chi connectivity index (χ4n) is 0.765. The van der Waals surface area contributed by atoms with E-state index in [2.05, 4.69) is 33.0 Å². The number of amides is 1. The number of hydrogen-bond donors (Lipinski definition) is 1. The summed E-state index contributed by atoms with van der Waals surface area (Å²) in [5, 5.41) is 6.40. The van der Waals surface area contributed by atoms with Crippen LogP contribution in [-0.4, -0.2) is 29.5 Å². The predicted molar refractivity (Wildman–Crippen MR) is 55.4 cm³/mol. The highest BCUT2D eigenvalue weighted by atomic mass is 127. The number of alkyl carbamates (subject to hydrolysis) is 1.